The quantitative estimate of drug-likeness (QED) is 0.449. The number of para-hydroxylation sites is 1. The van der Waals surface area contributed by atoms with Crippen molar-refractivity contribution in [3.8, 4) is 11.5 Å². The summed E-state index contributed by atoms with van der Waals surface area (Å²) in [7, 11) is -3.66. The second kappa shape index (κ2) is 8.00. The number of aromatic nitrogens is 4. The fourth-order valence-corrected chi connectivity index (χ4v) is 3.53. The number of sulfone groups is 1. The zero-order valence-corrected chi connectivity index (χ0v) is 17.3. The van der Waals surface area contributed by atoms with Crippen molar-refractivity contribution in [1.82, 2.24) is 19.3 Å². The molecule has 29 heavy (non-hydrogen) atoms. The van der Waals surface area contributed by atoms with Crippen molar-refractivity contribution in [2.75, 3.05) is 12.9 Å². The number of pyridine rings is 1. The summed E-state index contributed by atoms with van der Waals surface area (Å²) in [5.41, 5.74) is 0.877. The molecule has 0 fully saturated rings. The van der Waals surface area contributed by atoms with Gasteiger partial charge in [0.05, 0.1) is 11.4 Å². The first-order chi connectivity index (χ1) is 13.7. The van der Waals surface area contributed by atoms with E-state index < -0.39 is 15.5 Å². The lowest BCUT2D eigenvalue weighted by Gasteiger charge is -2.10. The van der Waals surface area contributed by atoms with Crippen molar-refractivity contribution < 1.29 is 13.3 Å². The molecule has 10 heteroatoms. The molecule has 2 aromatic heterocycles. The van der Waals surface area contributed by atoms with Crippen LogP contribution in [0.1, 0.15) is 25.4 Å². The summed E-state index contributed by atoms with van der Waals surface area (Å²) >= 11 is 0. The van der Waals surface area contributed by atoms with E-state index >= 15 is 0 Å². The van der Waals surface area contributed by atoms with Crippen LogP contribution in [0.2, 0.25) is 0 Å². The lowest BCUT2D eigenvalue weighted by molar-refractivity contribution is 0.159. The molecule has 0 N–H and O–H groups in total. The molecule has 9 nitrogen and oxygen atoms in total. The lowest BCUT2D eigenvalue weighted by atomic mass is 10.2. The van der Waals surface area contributed by atoms with Crippen LogP contribution in [0.4, 0.5) is 0 Å². The summed E-state index contributed by atoms with van der Waals surface area (Å²) in [6, 6.07) is 11.8. The third-order valence-corrected chi connectivity index (χ3v) is 5.21. The van der Waals surface area contributed by atoms with Gasteiger partial charge >= 0.3 is 5.69 Å². The fourth-order valence-electron chi connectivity index (χ4n) is 2.74. The van der Waals surface area contributed by atoms with Gasteiger partial charge in [-0.25, -0.2) is 22.8 Å². The van der Waals surface area contributed by atoms with E-state index in [-0.39, 0.29) is 10.7 Å². The number of oxime groups is 1. The van der Waals surface area contributed by atoms with Crippen LogP contribution in [0, 0.1) is 6.92 Å². The second-order valence-corrected chi connectivity index (χ2v) is 8.28. The molecule has 0 aliphatic rings. The van der Waals surface area contributed by atoms with E-state index in [2.05, 4.69) is 15.2 Å². The summed E-state index contributed by atoms with van der Waals surface area (Å²) in [6.45, 7) is 5.48. The zero-order valence-electron chi connectivity index (χ0n) is 16.5. The Morgan fingerprint density at radius 2 is 1.86 bits per heavy atom. The number of nitrogens with zero attached hydrogens (tertiary/aromatic N) is 5. The molecule has 0 atom stereocenters. The van der Waals surface area contributed by atoms with Gasteiger partial charge in [0, 0.05) is 6.26 Å². The Bertz CT molecular complexity index is 1230. The molecule has 0 radical (unpaired) electrons. The average molecular weight is 415 g/mol. The van der Waals surface area contributed by atoms with E-state index in [0.717, 1.165) is 6.26 Å². The highest BCUT2D eigenvalue weighted by atomic mass is 32.2. The summed E-state index contributed by atoms with van der Waals surface area (Å²) in [6.07, 6.45) is 1.07. The van der Waals surface area contributed by atoms with E-state index in [9.17, 15) is 13.2 Å². The Balaban J connectivity index is 2.27. The van der Waals surface area contributed by atoms with Gasteiger partial charge < -0.3 is 4.84 Å². The van der Waals surface area contributed by atoms with Gasteiger partial charge in [-0.2, -0.15) is 4.68 Å². The van der Waals surface area contributed by atoms with Crippen LogP contribution in [0.25, 0.3) is 11.5 Å². The summed E-state index contributed by atoms with van der Waals surface area (Å²) in [5, 5.41) is 8.22. The van der Waals surface area contributed by atoms with Crippen LogP contribution in [0.15, 0.2) is 57.3 Å². The van der Waals surface area contributed by atoms with E-state index in [1.807, 2.05) is 6.07 Å². The minimum absolute atomic E-state index is 0.0271. The van der Waals surface area contributed by atoms with Gasteiger partial charge in [0.1, 0.15) is 23.0 Å². The molecule has 0 amide bonds. The number of hydrogen-bond acceptors (Lipinski definition) is 7. The van der Waals surface area contributed by atoms with Crippen molar-refractivity contribution in [3.63, 3.8) is 0 Å². The monoisotopic (exact) mass is 415 g/mol. The molecular formula is C19H21N5O4S. The molecule has 0 aliphatic carbocycles. The Kier molecular flexibility index (Phi) is 5.64. The van der Waals surface area contributed by atoms with Crippen LogP contribution in [0.5, 0.6) is 0 Å². The molecule has 0 spiro atoms. The van der Waals surface area contributed by atoms with Crippen molar-refractivity contribution in [1.29, 1.82) is 0 Å². The second-order valence-electron chi connectivity index (χ2n) is 6.30. The van der Waals surface area contributed by atoms with Crippen LogP contribution in [-0.2, 0) is 14.7 Å². The number of aryl methyl sites for hydroxylation is 1. The summed E-state index contributed by atoms with van der Waals surface area (Å²) in [5.74, 6) is 0.272. The summed E-state index contributed by atoms with van der Waals surface area (Å²) in [4.78, 5) is 22.5. The zero-order chi connectivity index (χ0) is 21.2. The maximum Gasteiger partial charge on any atom is 0.356 e. The first-order valence-corrected chi connectivity index (χ1v) is 10.8. The van der Waals surface area contributed by atoms with Gasteiger partial charge in [0.25, 0.3) is 0 Å². The maximum atomic E-state index is 13.1. The van der Waals surface area contributed by atoms with E-state index in [4.69, 9.17) is 4.84 Å². The lowest BCUT2D eigenvalue weighted by Crippen LogP contribution is -2.25. The molecular weight excluding hydrogens is 394 g/mol. The third kappa shape index (κ3) is 4.11. The largest absolute Gasteiger partial charge is 0.396 e. The Morgan fingerprint density at radius 3 is 2.48 bits per heavy atom. The summed E-state index contributed by atoms with van der Waals surface area (Å²) < 4.78 is 27.1. The Labute approximate surface area is 168 Å². The first-order valence-electron chi connectivity index (χ1n) is 8.86. The molecule has 0 saturated carbocycles. The maximum absolute atomic E-state index is 13.1. The highest BCUT2D eigenvalue weighted by Gasteiger charge is 2.23. The third-order valence-electron chi connectivity index (χ3n) is 4.09. The minimum atomic E-state index is -3.66. The number of hydrogen-bond donors (Lipinski definition) is 0. The normalized spacial score (nSPS) is 12.2. The average Bonchev–Trinajstić information content (AvgIpc) is 2.99. The SMILES string of the molecule is CCO/N=C(\C)c1ccc(S(C)(=O)=O)c(-n2c(C)nn(-c3ccccc3)c2=O)n1. The van der Waals surface area contributed by atoms with E-state index in [1.165, 1.54) is 21.4 Å². The van der Waals surface area contributed by atoms with Crippen molar-refractivity contribution in [2.45, 2.75) is 25.7 Å². The minimum Gasteiger partial charge on any atom is -0.396 e. The number of benzene rings is 1. The predicted molar refractivity (Wildman–Crippen MR) is 109 cm³/mol. The van der Waals surface area contributed by atoms with Gasteiger partial charge in [-0.05, 0) is 45.0 Å². The molecule has 0 aliphatic heterocycles. The molecule has 0 bridgehead atoms. The van der Waals surface area contributed by atoms with Gasteiger partial charge in [0.2, 0.25) is 0 Å². The molecule has 152 valence electrons. The van der Waals surface area contributed by atoms with Crippen molar-refractivity contribution in [2.24, 2.45) is 5.16 Å². The van der Waals surface area contributed by atoms with Gasteiger partial charge in [-0.3, -0.25) is 0 Å². The molecule has 3 rings (SSSR count). The molecule has 3 aromatic rings. The smallest absolute Gasteiger partial charge is 0.356 e. The first kappa shape index (κ1) is 20.5. The molecule has 2 heterocycles. The van der Waals surface area contributed by atoms with Gasteiger partial charge in [-0.1, -0.05) is 23.4 Å². The predicted octanol–water partition coefficient (Wildman–Crippen LogP) is 1.89. The van der Waals surface area contributed by atoms with Gasteiger partial charge in [0.15, 0.2) is 15.7 Å². The van der Waals surface area contributed by atoms with Gasteiger partial charge in [-0.15, -0.1) is 5.10 Å². The standard InChI is InChI=1S/C19H21N5O4S/c1-5-28-22-13(2)16-11-12-17(29(4,26)27)18(20-16)23-14(3)21-24(19(23)25)15-9-7-6-8-10-15/h6-12H,5H2,1-4H3/b22-13+. The van der Waals surface area contributed by atoms with Crippen LogP contribution < -0.4 is 5.69 Å². The molecule has 1 aromatic carbocycles. The molecule has 0 unspecified atom stereocenters. The Hall–Kier alpha value is -3.27. The topological polar surface area (TPSA) is 108 Å². The number of rotatable bonds is 6. The van der Waals surface area contributed by atoms with Crippen LogP contribution in [-0.4, -0.2) is 46.3 Å². The Morgan fingerprint density at radius 1 is 1.17 bits per heavy atom. The van der Waals surface area contributed by atoms with Crippen LogP contribution in [0.3, 0.4) is 0 Å². The fraction of sp³-hybridized carbons (Fsp3) is 0.263. The van der Waals surface area contributed by atoms with E-state index in [1.54, 1.807) is 45.0 Å². The van der Waals surface area contributed by atoms with Crippen molar-refractivity contribution >= 4 is 15.5 Å². The van der Waals surface area contributed by atoms with Crippen molar-refractivity contribution in [3.05, 3.63) is 64.5 Å². The highest BCUT2D eigenvalue weighted by molar-refractivity contribution is 7.90. The highest BCUT2D eigenvalue weighted by Crippen LogP contribution is 2.19. The van der Waals surface area contributed by atoms with Crippen LogP contribution >= 0.6 is 0 Å². The molecule has 0 saturated heterocycles. The van der Waals surface area contributed by atoms with E-state index in [0.29, 0.717) is 29.5 Å².